The van der Waals surface area contributed by atoms with E-state index in [2.05, 4.69) is 10.6 Å². The van der Waals surface area contributed by atoms with Crippen LogP contribution >= 0.6 is 0 Å². The third-order valence-electron chi connectivity index (χ3n) is 2.98. The Labute approximate surface area is 102 Å². The van der Waals surface area contributed by atoms with Gasteiger partial charge < -0.3 is 10.6 Å². The van der Waals surface area contributed by atoms with Crippen molar-refractivity contribution in [3.05, 3.63) is 24.3 Å². The molecular weight excluding hydrogens is 236 g/mol. The van der Waals surface area contributed by atoms with Crippen LogP contribution in [0.5, 0.6) is 0 Å². The van der Waals surface area contributed by atoms with E-state index in [1.165, 1.54) is 0 Å². The third-order valence-corrected chi connectivity index (χ3v) is 4.85. The normalized spacial score (nSPS) is 21.6. The highest BCUT2D eigenvalue weighted by molar-refractivity contribution is 7.91. The zero-order valence-electron chi connectivity index (χ0n) is 9.94. The van der Waals surface area contributed by atoms with Gasteiger partial charge in [0.15, 0.2) is 9.84 Å². The second-order valence-electron chi connectivity index (χ2n) is 4.36. The minimum Gasteiger partial charge on any atom is -0.380 e. The summed E-state index contributed by atoms with van der Waals surface area (Å²) in [5.41, 5.74) is 0.744. The Balaban J connectivity index is 2.14. The van der Waals surface area contributed by atoms with Gasteiger partial charge in [0.05, 0.1) is 16.3 Å². The van der Waals surface area contributed by atoms with Crippen LogP contribution in [0.1, 0.15) is 12.8 Å². The van der Waals surface area contributed by atoms with Crippen molar-refractivity contribution in [2.45, 2.75) is 23.8 Å². The lowest BCUT2D eigenvalue weighted by molar-refractivity contribution is 0.570. The summed E-state index contributed by atoms with van der Waals surface area (Å²) in [6, 6.07) is 7.15. The summed E-state index contributed by atoms with van der Waals surface area (Å²) in [6.07, 6.45) is 1.85. The molecular formula is C12H18N2O2S. The van der Waals surface area contributed by atoms with Gasteiger partial charge in [0.2, 0.25) is 0 Å². The molecule has 0 spiro atoms. The summed E-state index contributed by atoms with van der Waals surface area (Å²) < 4.78 is 24.1. The van der Waals surface area contributed by atoms with E-state index in [-0.39, 0.29) is 11.8 Å². The summed E-state index contributed by atoms with van der Waals surface area (Å²) in [5, 5.41) is 6.37. The molecule has 1 unspecified atom stereocenters. The molecule has 5 heteroatoms. The minimum atomic E-state index is -3.11. The number of anilines is 1. The number of fused-ring (bicyclic) bond motifs is 1. The first-order valence-corrected chi connectivity index (χ1v) is 7.51. The molecule has 0 aromatic heterocycles. The first-order chi connectivity index (χ1) is 8.13. The molecule has 0 saturated carbocycles. The third kappa shape index (κ3) is 2.79. The van der Waals surface area contributed by atoms with Gasteiger partial charge in [0.25, 0.3) is 0 Å². The molecule has 1 aromatic rings. The molecule has 0 aliphatic carbocycles. The molecule has 17 heavy (non-hydrogen) atoms. The predicted octanol–water partition coefficient (Wildman–Crippen LogP) is 1.25. The van der Waals surface area contributed by atoms with Crippen molar-refractivity contribution < 1.29 is 8.42 Å². The van der Waals surface area contributed by atoms with Crippen molar-refractivity contribution in [3.63, 3.8) is 0 Å². The molecule has 0 radical (unpaired) electrons. The zero-order valence-corrected chi connectivity index (χ0v) is 10.8. The standard InChI is InChI=1S/C12H18N2O2S/c1-13-8-4-5-10-9-17(15,16)12-7-3-2-6-11(12)14-10/h2-3,6-7,10,13-14H,4-5,8-9H2,1H3. The quantitative estimate of drug-likeness (QED) is 0.794. The molecule has 0 saturated heterocycles. The van der Waals surface area contributed by atoms with Gasteiger partial charge in [-0.25, -0.2) is 8.42 Å². The number of hydrogen-bond donors (Lipinski definition) is 2. The number of para-hydroxylation sites is 1. The Morgan fingerprint density at radius 1 is 1.41 bits per heavy atom. The molecule has 1 aromatic carbocycles. The molecule has 0 amide bonds. The minimum absolute atomic E-state index is 0.0308. The molecule has 1 atom stereocenters. The van der Waals surface area contributed by atoms with E-state index >= 15 is 0 Å². The summed E-state index contributed by atoms with van der Waals surface area (Å²) in [5.74, 6) is 0.202. The zero-order chi connectivity index (χ0) is 12.3. The van der Waals surface area contributed by atoms with E-state index in [1.54, 1.807) is 12.1 Å². The second-order valence-corrected chi connectivity index (χ2v) is 6.37. The largest absolute Gasteiger partial charge is 0.380 e. The van der Waals surface area contributed by atoms with Gasteiger partial charge in [-0.05, 0) is 38.6 Å². The molecule has 2 rings (SSSR count). The average molecular weight is 254 g/mol. The molecule has 0 fully saturated rings. The van der Waals surface area contributed by atoms with Crippen molar-refractivity contribution in [3.8, 4) is 0 Å². The van der Waals surface area contributed by atoms with E-state index in [4.69, 9.17) is 0 Å². The van der Waals surface area contributed by atoms with Crippen LogP contribution in [0.4, 0.5) is 5.69 Å². The van der Waals surface area contributed by atoms with Crippen LogP contribution in [-0.4, -0.2) is 33.8 Å². The Bertz CT molecular complexity index is 485. The molecule has 94 valence electrons. The van der Waals surface area contributed by atoms with Gasteiger partial charge in [-0.1, -0.05) is 12.1 Å². The van der Waals surface area contributed by atoms with Crippen molar-refractivity contribution >= 4 is 15.5 Å². The van der Waals surface area contributed by atoms with Gasteiger partial charge in [0, 0.05) is 6.04 Å². The van der Waals surface area contributed by atoms with E-state index in [1.807, 2.05) is 19.2 Å². The summed E-state index contributed by atoms with van der Waals surface area (Å²) in [6.45, 7) is 0.917. The smallest absolute Gasteiger partial charge is 0.182 e. The van der Waals surface area contributed by atoms with Gasteiger partial charge in [-0.3, -0.25) is 0 Å². The lowest BCUT2D eigenvalue weighted by Gasteiger charge is -2.26. The highest BCUT2D eigenvalue weighted by Crippen LogP contribution is 2.29. The highest BCUT2D eigenvalue weighted by Gasteiger charge is 2.28. The Morgan fingerprint density at radius 2 is 2.18 bits per heavy atom. The van der Waals surface area contributed by atoms with E-state index < -0.39 is 9.84 Å². The van der Waals surface area contributed by atoms with Gasteiger partial charge >= 0.3 is 0 Å². The monoisotopic (exact) mass is 254 g/mol. The molecule has 4 nitrogen and oxygen atoms in total. The van der Waals surface area contributed by atoms with E-state index in [0.717, 1.165) is 25.1 Å². The van der Waals surface area contributed by atoms with Gasteiger partial charge in [-0.2, -0.15) is 0 Å². The summed E-state index contributed by atoms with van der Waals surface area (Å²) >= 11 is 0. The molecule has 2 N–H and O–H groups in total. The van der Waals surface area contributed by atoms with Crippen molar-refractivity contribution in [2.24, 2.45) is 0 Å². The second kappa shape index (κ2) is 5.06. The first-order valence-electron chi connectivity index (χ1n) is 5.86. The van der Waals surface area contributed by atoms with Gasteiger partial charge in [0.1, 0.15) is 0 Å². The van der Waals surface area contributed by atoms with E-state index in [0.29, 0.717) is 4.90 Å². The van der Waals surface area contributed by atoms with Crippen LogP contribution < -0.4 is 10.6 Å². The number of rotatable bonds is 4. The van der Waals surface area contributed by atoms with Crippen molar-refractivity contribution in [1.82, 2.24) is 5.32 Å². The van der Waals surface area contributed by atoms with Crippen LogP contribution in [0.2, 0.25) is 0 Å². The Hall–Kier alpha value is -1.07. The number of nitrogens with one attached hydrogen (secondary N) is 2. The predicted molar refractivity (Wildman–Crippen MR) is 69.1 cm³/mol. The van der Waals surface area contributed by atoms with Crippen LogP contribution in [0, 0.1) is 0 Å². The fourth-order valence-corrected chi connectivity index (χ4v) is 3.86. The molecule has 1 heterocycles. The maximum absolute atomic E-state index is 12.1. The lowest BCUT2D eigenvalue weighted by atomic mass is 10.1. The summed E-state index contributed by atoms with van der Waals surface area (Å²) in [4.78, 5) is 0.435. The average Bonchev–Trinajstić information content (AvgIpc) is 2.29. The van der Waals surface area contributed by atoms with E-state index in [9.17, 15) is 8.42 Å². The van der Waals surface area contributed by atoms with Crippen LogP contribution in [0.3, 0.4) is 0 Å². The first kappa shape index (κ1) is 12.4. The number of hydrogen-bond acceptors (Lipinski definition) is 4. The van der Waals surface area contributed by atoms with Crippen LogP contribution in [0.15, 0.2) is 29.2 Å². The molecule has 1 aliphatic rings. The van der Waals surface area contributed by atoms with Crippen molar-refractivity contribution in [1.29, 1.82) is 0 Å². The van der Waals surface area contributed by atoms with Crippen molar-refractivity contribution in [2.75, 3.05) is 24.7 Å². The number of benzene rings is 1. The van der Waals surface area contributed by atoms with Crippen LogP contribution in [-0.2, 0) is 9.84 Å². The summed E-state index contributed by atoms with van der Waals surface area (Å²) in [7, 11) is -1.21. The highest BCUT2D eigenvalue weighted by atomic mass is 32.2. The number of sulfone groups is 1. The topological polar surface area (TPSA) is 58.2 Å². The fourth-order valence-electron chi connectivity index (χ4n) is 2.15. The molecule has 1 aliphatic heterocycles. The Kier molecular flexibility index (Phi) is 3.69. The maximum atomic E-state index is 12.1. The Morgan fingerprint density at radius 3 is 2.94 bits per heavy atom. The van der Waals surface area contributed by atoms with Gasteiger partial charge in [-0.15, -0.1) is 0 Å². The lowest BCUT2D eigenvalue weighted by Crippen LogP contribution is -2.34. The molecule has 0 bridgehead atoms. The van der Waals surface area contributed by atoms with Crippen LogP contribution in [0.25, 0.3) is 0 Å². The maximum Gasteiger partial charge on any atom is 0.182 e. The fraction of sp³-hybridized carbons (Fsp3) is 0.500. The SMILES string of the molecule is CNCCCC1CS(=O)(=O)c2ccccc2N1.